The number of para-hydroxylation sites is 1. The van der Waals surface area contributed by atoms with E-state index < -0.39 is 17.6 Å². The van der Waals surface area contributed by atoms with E-state index in [9.17, 15) is 22.8 Å². The van der Waals surface area contributed by atoms with Gasteiger partial charge in [0, 0.05) is 26.2 Å². The Morgan fingerprint density at radius 3 is 2.44 bits per heavy atom. The molecule has 0 aliphatic carbocycles. The second-order valence-electron chi connectivity index (χ2n) is 7.68. The summed E-state index contributed by atoms with van der Waals surface area (Å²) < 4.78 is 49.9. The third kappa shape index (κ3) is 5.92. The number of carbonyl (C=O) groups excluding carboxylic acids is 2. The number of nitrogens with one attached hydrogen (secondary N) is 1. The van der Waals surface area contributed by atoms with Crippen LogP contribution in [0.4, 0.5) is 18.9 Å². The molecule has 1 fully saturated rings. The van der Waals surface area contributed by atoms with Crippen LogP contribution < -0.4 is 14.8 Å². The van der Waals surface area contributed by atoms with Crippen LogP contribution in [0.25, 0.3) is 0 Å². The van der Waals surface area contributed by atoms with E-state index >= 15 is 0 Å². The zero-order valence-electron chi connectivity index (χ0n) is 18.7. The van der Waals surface area contributed by atoms with Crippen molar-refractivity contribution in [2.24, 2.45) is 0 Å². The quantitative estimate of drug-likeness (QED) is 0.646. The predicted octanol–water partition coefficient (Wildman–Crippen LogP) is 4.16. The van der Waals surface area contributed by atoms with Gasteiger partial charge in [-0.3, -0.25) is 14.5 Å². The van der Waals surface area contributed by atoms with Gasteiger partial charge >= 0.3 is 6.18 Å². The Morgan fingerprint density at radius 2 is 1.76 bits per heavy atom. The molecule has 11 heteroatoms. The van der Waals surface area contributed by atoms with Crippen molar-refractivity contribution in [3.63, 3.8) is 0 Å². The lowest BCUT2D eigenvalue weighted by molar-refractivity contribution is -0.137. The van der Waals surface area contributed by atoms with Crippen LogP contribution in [0.2, 0.25) is 5.02 Å². The van der Waals surface area contributed by atoms with Gasteiger partial charge in [0.05, 0.1) is 42.6 Å². The average Bonchev–Trinajstić information content (AvgIpc) is 3.03. The van der Waals surface area contributed by atoms with Crippen molar-refractivity contribution < 1.29 is 32.2 Å². The Morgan fingerprint density at radius 1 is 1.03 bits per heavy atom. The van der Waals surface area contributed by atoms with E-state index in [4.69, 9.17) is 21.1 Å². The summed E-state index contributed by atoms with van der Waals surface area (Å²) >= 11 is 6.37. The molecule has 0 bridgehead atoms. The number of ether oxygens (including phenoxy) is 2. The Hall–Kier alpha value is -2.98. The molecule has 1 heterocycles. The first-order valence-electron chi connectivity index (χ1n) is 10.5. The summed E-state index contributed by atoms with van der Waals surface area (Å²) in [5.41, 5.74) is -0.910. The van der Waals surface area contributed by atoms with Crippen LogP contribution in [-0.2, 0) is 11.0 Å². The number of anilines is 1. The summed E-state index contributed by atoms with van der Waals surface area (Å²) in [6, 6.07) is 8.01. The highest BCUT2D eigenvalue weighted by molar-refractivity contribution is 6.35. The topological polar surface area (TPSA) is 71.1 Å². The molecule has 3 rings (SSSR count). The van der Waals surface area contributed by atoms with Gasteiger partial charge in [0.25, 0.3) is 5.91 Å². The second kappa shape index (κ2) is 11.0. The highest BCUT2D eigenvalue weighted by Crippen LogP contribution is 2.38. The van der Waals surface area contributed by atoms with Crippen molar-refractivity contribution >= 4 is 29.1 Å². The number of methoxy groups -OCH3 is 2. The van der Waals surface area contributed by atoms with E-state index in [0.717, 1.165) is 6.07 Å². The van der Waals surface area contributed by atoms with Gasteiger partial charge in [-0.05, 0) is 30.7 Å². The van der Waals surface area contributed by atoms with E-state index in [2.05, 4.69) is 5.32 Å². The number of nitrogens with zero attached hydrogens (tertiary/aromatic N) is 2. The molecular formula is C23H25ClF3N3O4. The fourth-order valence-corrected chi connectivity index (χ4v) is 4.10. The summed E-state index contributed by atoms with van der Waals surface area (Å²) in [5.74, 6) is -0.165. The van der Waals surface area contributed by atoms with Crippen molar-refractivity contribution in [2.45, 2.75) is 12.6 Å². The lowest BCUT2D eigenvalue weighted by Gasteiger charge is -2.23. The summed E-state index contributed by atoms with van der Waals surface area (Å²) in [7, 11) is 2.90. The van der Waals surface area contributed by atoms with Crippen LogP contribution in [0.1, 0.15) is 22.3 Å². The van der Waals surface area contributed by atoms with E-state index in [0.29, 0.717) is 38.3 Å². The molecule has 7 nitrogen and oxygen atoms in total. The van der Waals surface area contributed by atoms with Gasteiger partial charge in [0.15, 0.2) is 11.5 Å². The minimum Gasteiger partial charge on any atom is -0.493 e. The monoisotopic (exact) mass is 499 g/mol. The Labute approximate surface area is 200 Å². The lowest BCUT2D eigenvalue weighted by atomic mass is 10.1. The average molecular weight is 500 g/mol. The molecule has 2 aromatic rings. The van der Waals surface area contributed by atoms with Gasteiger partial charge in [-0.25, -0.2) is 0 Å². The van der Waals surface area contributed by atoms with Crippen molar-refractivity contribution in [1.29, 1.82) is 0 Å². The predicted molar refractivity (Wildman–Crippen MR) is 122 cm³/mol. The fraction of sp³-hybridized carbons (Fsp3) is 0.391. The normalized spacial score (nSPS) is 14.9. The van der Waals surface area contributed by atoms with Crippen LogP contribution in [0.5, 0.6) is 11.5 Å². The molecule has 0 radical (unpaired) electrons. The number of carbonyl (C=O) groups is 2. The second-order valence-corrected chi connectivity index (χ2v) is 8.05. The maximum atomic E-state index is 13.2. The molecule has 184 valence electrons. The number of hydrogen-bond donors (Lipinski definition) is 1. The highest BCUT2D eigenvalue weighted by atomic mass is 35.5. The smallest absolute Gasteiger partial charge is 0.418 e. The molecule has 1 aliphatic heterocycles. The summed E-state index contributed by atoms with van der Waals surface area (Å²) in [5, 5.41) is 2.50. The summed E-state index contributed by atoms with van der Waals surface area (Å²) in [4.78, 5) is 29.0. The van der Waals surface area contributed by atoms with Gasteiger partial charge < -0.3 is 19.7 Å². The molecule has 34 heavy (non-hydrogen) atoms. The molecule has 0 saturated carbocycles. The van der Waals surface area contributed by atoms with Crippen LogP contribution in [0, 0.1) is 0 Å². The minimum absolute atomic E-state index is 0.0919. The van der Waals surface area contributed by atoms with Crippen molar-refractivity contribution in [3.05, 3.63) is 52.5 Å². The number of alkyl halides is 3. The van der Waals surface area contributed by atoms with Crippen molar-refractivity contribution in [3.8, 4) is 11.5 Å². The molecule has 1 N–H and O–H groups in total. The number of hydrogen-bond acceptors (Lipinski definition) is 5. The molecule has 0 spiro atoms. The molecule has 0 atom stereocenters. The van der Waals surface area contributed by atoms with Crippen LogP contribution >= 0.6 is 11.6 Å². The first-order valence-corrected chi connectivity index (χ1v) is 10.9. The zero-order valence-corrected chi connectivity index (χ0v) is 19.5. The van der Waals surface area contributed by atoms with Crippen LogP contribution in [0.3, 0.4) is 0 Å². The standard InChI is InChI=1S/C23H25ClF3N3O4/c1-33-18-9-8-15(20(24)21(18)34-2)22(32)30-11-5-10-29(12-13-30)14-19(31)28-17-7-4-3-6-16(17)23(25,26)27/h3-4,6-9H,5,10-14H2,1-2H3,(H,28,31). The number of amides is 2. The number of halogens is 4. The third-order valence-corrected chi connectivity index (χ3v) is 5.84. The lowest BCUT2D eigenvalue weighted by Crippen LogP contribution is -2.38. The van der Waals surface area contributed by atoms with Gasteiger partial charge in [0.2, 0.25) is 5.91 Å². The van der Waals surface area contributed by atoms with Gasteiger partial charge in [0.1, 0.15) is 0 Å². The molecule has 0 unspecified atom stereocenters. The highest BCUT2D eigenvalue weighted by Gasteiger charge is 2.33. The van der Waals surface area contributed by atoms with Crippen LogP contribution in [-0.4, -0.2) is 68.6 Å². The number of benzene rings is 2. The summed E-state index contributed by atoms with van der Waals surface area (Å²) in [6.07, 6.45) is -3.98. The maximum absolute atomic E-state index is 13.2. The Kier molecular flexibility index (Phi) is 8.27. The zero-order chi connectivity index (χ0) is 24.9. The van der Waals surface area contributed by atoms with E-state index in [1.807, 2.05) is 0 Å². The van der Waals surface area contributed by atoms with E-state index in [-0.39, 0.29) is 34.5 Å². The third-order valence-electron chi connectivity index (χ3n) is 5.46. The van der Waals surface area contributed by atoms with E-state index in [1.165, 1.54) is 32.4 Å². The first kappa shape index (κ1) is 25.6. The Balaban J connectivity index is 1.63. The maximum Gasteiger partial charge on any atom is 0.418 e. The van der Waals surface area contributed by atoms with Crippen molar-refractivity contribution in [2.75, 3.05) is 52.3 Å². The Bertz CT molecular complexity index is 1050. The molecular weight excluding hydrogens is 475 g/mol. The fourth-order valence-electron chi connectivity index (χ4n) is 3.79. The largest absolute Gasteiger partial charge is 0.493 e. The molecule has 2 amide bonds. The molecule has 1 saturated heterocycles. The van der Waals surface area contributed by atoms with E-state index in [1.54, 1.807) is 21.9 Å². The first-order chi connectivity index (χ1) is 16.2. The number of rotatable bonds is 6. The van der Waals surface area contributed by atoms with Crippen molar-refractivity contribution in [1.82, 2.24) is 9.80 Å². The van der Waals surface area contributed by atoms with Crippen LogP contribution in [0.15, 0.2) is 36.4 Å². The van der Waals surface area contributed by atoms with Gasteiger partial charge in [-0.15, -0.1) is 0 Å². The minimum atomic E-state index is -4.57. The summed E-state index contributed by atoms with van der Waals surface area (Å²) in [6.45, 7) is 1.57. The van der Waals surface area contributed by atoms with Gasteiger partial charge in [-0.2, -0.15) is 13.2 Å². The molecule has 1 aliphatic rings. The van der Waals surface area contributed by atoms with Gasteiger partial charge in [-0.1, -0.05) is 23.7 Å². The SMILES string of the molecule is COc1ccc(C(=O)N2CCCN(CC(=O)Nc3ccccc3C(F)(F)F)CC2)c(Cl)c1OC. The molecule has 2 aromatic carbocycles. The molecule has 0 aromatic heterocycles.